The summed E-state index contributed by atoms with van der Waals surface area (Å²) in [5.74, 6) is -0.243. The van der Waals surface area contributed by atoms with E-state index in [1.807, 2.05) is 0 Å². The summed E-state index contributed by atoms with van der Waals surface area (Å²) in [5.41, 5.74) is -0.933. The third-order valence-electron chi connectivity index (χ3n) is 1.62. The molecule has 0 unspecified atom stereocenters. The van der Waals surface area contributed by atoms with E-state index in [1.54, 1.807) is 0 Å². The minimum atomic E-state index is -5.11. The molecule has 90 valence electrons. The molecule has 0 spiro atoms. The van der Waals surface area contributed by atoms with Crippen molar-refractivity contribution in [2.75, 3.05) is 6.51 Å². The summed E-state index contributed by atoms with van der Waals surface area (Å²) in [6.45, 7) is -6.57. The van der Waals surface area contributed by atoms with Crippen LogP contribution >= 0.6 is 0 Å². The number of hydrogen-bond donors (Lipinski definition) is 0. The zero-order valence-corrected chi connectivity index (χ0v) is 11.9. The molecule has 0 amide bonds. The summed E-state index contributed by atoms with van der Waals surface area (Å²) in [5, 5.41) is 0. The summed E-state index contributed by atoms with van der Waals surface area (Å²) < 4.78 is 75.8. The molecule has 0 atom stereocenters. The maximum atomic E-state index is 12.1. The van der Waals surface area contributed by atoms with E-state index in [1.165, 1.54) is 0 Å². The van der Waals surface area contributed by atoms with Gasteiger partial charge in [0.2, 0.25) is 0 Å². The van der Waals surface area contributed by atoms with E-state index >= 15 is 0 Å². The van der Waals surface area contributed by atoms with Crippen LogP contribution in [0.4, 0.5) is 26.1 Å². The number of benzene rings is 1. The fourth-order valence-electron chi connectivity index (χ4n) is 0.931. The van der Waals surface area contributed by atoms with Gasteiger partial charge in [0.15, 0.2) is 0 Å². The molecular formula is C8H6BF6KO. The Bertz CT molecular complexity index is 347. The maximum Gasteiger partial charge on any atom is 1.00 e. The Morgan fingerprint density at radius 2 is 1.47 bits per heavy atom. The van der Waals surface area contributed by atoms with Crippen molar-refractivity contribution in [3.8, 4) is 5.75 Å². The standard InChI is InChI=1S/C8H6BF6O.K/c10-8(11,12)6-1-3-7(4-2-6)16-5-9(13,14)15;/h1-4H,5H2;/q-1;+1. The smallest absolute Gasteiger partial charge is 0.522 e. The van der Waals surface area contributed by atoms with Crippen molar-refractivity contribution in [3.05, 3.63) is 29.8 Å². The molecule has 17 heavy (non-hydrogen) atoms. The van der Waals surface area contributed by atoms with Crippen molar-refractivity contribution < 1.29 is 82.2 Å². The van der Waals surface area contributed by atoms with Crippen LogP contribution in [-0.4, -0.2) is 13.5 Å². The molecule has 1 nitrogen and oxygen atoms in total. The summed E-state index contributed by atoms with van der Waals surface area (Å²) in [6, 6.07) is 3.03. The van der Waals surface area contributed by atoms with E-state index in [4.69, 9.17) is 0 Å². The quantitative estimate of drug-likeness (QED) is 0.578. The molecule has 9 heteroatoms. The monoisotopic (exact) mass is 282 g/mol. The number of alkyl halides is 3. The molecule has 0 saturated heterocycles. The summed E-state index contributed by atoms with van der Waals surface area (Å²) >= 11 is 0. The Morgan fingerprint density at radius 3 is 1.82 bits per heavy atom. The zero-order valence-electron chi connectivity index (χ0n) is 8.77. The van der Waals surface area contributed by atoms with Crippen molar-refractivity contribution >= 4 is 6.98 Å². The van der Waals surface area contributed by atoms with Crippen molar-refractivity contribution in [2.45, 2.75) is 6.18 Å². The Kier molecular flexibility index (Phi) is 6.58. The predicted octanol–water partition coefficient (Wildman–Crippen LogP) is 0.475. The van der Waals surface area contributed by atoms with Crippen LogP contribution in [0.5, 0.6) is 5.75 Å². The van der Waals surface area contributed by atoms with Crippen molar-refractivity contribution in [3.63, 3.8) is 0 Å². The molecule has 0 N–H and O–H groups in total. The SMILES string of the molecule is F[B-](F)(F)COc1ccc(C(F)(F)F)cc1.[K+]. The van der Waals surface area contributed by atoms with Gasteiger partial charge in [-0.3, -0.25) is 0 Å². The molecular weight excluding hydrogens is 276 g/mol. The second-order valence-electron chi connectivity index (χ2n) is 3.04. The predicted molar refractivity (Wildman–Crippen MR) is 46.0 cm³/mol. The van der Waals surface area contributed by atoms with Crippen LogP contribution in [0, 0.1) is 0 Å². The van der Waals surface area contributed by atoms with Gasteiger partial charge in [-0.1, -0.05) is 0 Å². The normalized spacial score (nSPS) is 11.9. The fraction of sp³-hybridized carbons (Fsp3) is 0.250. The molecule has 1 aromatic rings. The molecule has 1 aromatic carbocycles. The van der Waals surface area contributed by atoms with Crippen LogP contribution in [0.15, 0.2) is 24.3 Å². The van der Waals surface area contributed by atoms with E-state index in [0.29, 0.717) is 12.1 Å². The van der Waals surface area contributed by atoms with Gasteiger partial charge in [-0.25, -0.2) is 0 Å². The van der Waals surface area contributed by atoms with Crippen LogP contribution in [0.3, 0.4) is 0 Å². The van der Waals surface area contributed by atoms with Gasteiger partial charge >= 0.3 is 64.5 Å². The summed E-state index contributed by atoms with van der Waals surface area (Å²) in [7, 11) is 0. The van der Waals surface area contributed by atoms with Gasteiger partial charge < -0.3 is 17.7 Å². The Balaban J connectivity index is 0.00000256. The zero-order chi connectivity index (χ0) is 12.4. The van der Waals surface area contributed by atoms with E-state index < -0.39 is 25.2 Å². The summed E-state index contributed by atoms with van der Waals surface area (Å²) in [4.78, 5) is 0. The van der Waals surface area contributed by atoms with Crippen LogP contribution < -0.4 is 56.1 Å². The average Bonchev–Trinajstić information content (AvgIpc) is 2.13. The third-order valence-corrected chi connectivity index (χ3v) is 1.62. The van der Waals surface area contributed by atoms with E-state index in [-0.39, 0.29) is 57.1 Å². The molecule has 0 bridgehead atoms. The average molecular weight is 282 g/mol. The first-order valence-corrected chi connectivity index (χ1v) is 4.19. The Labute approximate surface area is 136 Å². The largest absolute Gasteiger partial charge is 1.00 e. The molecule has 0 radical (unpaired) electrons. The van der Waals surface area contributed by atoms with E-state index in [9.17, 15) is 26.1 Å². The fourth-order valence-corrected chi connectivity index (χ4v) is 0.931. The molecule has 0 aliphatic carbocycles. The molecule has 0 fully saturated rings. The van der Waals surface area contributed by atoms with Gasteiger partial charge in [0, 0.05) is 0 Å². The minimum absolute atomic E-state index is 0. The first-order valence-electron chi connectivity index (χ1n) is 4.19. The number of hydrogen-bond acceptors (Lipinski definition) is 1. The second-order valence-corrected chi connectivity index (χ2v) is 3.04. The van der Waals surface area contributed by atoms with Gasteiger partial charge in [-0.05, 0) is 24.3 Å². The van der Waals surface area contributed by atoms with Gasteiger partial charge in [0.1, 0.15) is 5.75 Å². The topological polar surface area (TPSA) is 9.23 Å². The summed E-state index contributed by atoms with van der Waals surface area (Å²) in [6.07, 6.45) is -4.51. The molecule has 0 heterocycles. The van der Waals surface area contributed by atoms with Crippen LogP contribution in [-0.2, 0) is 6.18 Å². The number of rotatable bonds is 3. The van der Waals surface area contributed by atoms with Crippen molar-refractivity contribution in [2.24, 2.45) is 0 Å². The molecule has 0 saturated carbocycles. The second kappa shape index (κ2) is 6.46. The first kappa shape index (κ1) is 17.3. The van der Waals surface area contributed by atoms with Crippen LogP contribution in [0.25, 0.3) is 0 Å². The van der Waals surface area contributed by atoms with Gasteiger partial charge in [0.25, 0.3) is 0 Å². The minimum Gasteiger partial charge on any atom is -0.522 e. The third kappa shape index (κ3) is 6.70. The molecule has 1 rings (SSSR count). The Hall–Kier alpha value is 0.301. The first-order chi connectivity index (χ1) is 7.18. The molecule has 0 aliphatic rings. The molecule has 0 aliphatic heterocycles. The van der Waals surface area contributed by atoms with Gasteiger partial charge in [0.05, 0.1) is 12.1 Å². The Morgan fingerprint density at radius 1 is 1.00 bits per heavy atom. The van der Waals surface area contributed by atoms with Gasteiger partial charge in [-0.15, -0.1) is 0 Å². The van der Waals surface area contributed by atoms with Crippen LogP contribution in [0.1, 0.15) is 5.56 Å². The number of ether oxygens (including phenoxy) is 1. The van der Waals surface area contributed by atoms with Crippen molar-refractivity contribution in [1.82, 2.24) is 0 Å². The maximum absolute atomic E-state index is 12.1. The van der Waals surface area contributed by atoms with E-state index in [2.05, 4.69) is 4.74 Å². The van der Waals surface area contributed by atoms with Gasteiger partial charge in [-0.2, -0.15) is 13.2 Å². The molecule has 0 aromatic heterocycles. The van der Waals surface area contributed by atoms with E-state index in [0.717, 1.165) is 12.1 Å². The van der Waals surface area contributed by atoms with Crippen molar-refractivity contribution in [1.29, 1.82) is 0 Å². The number of halogens is 6. The van der Waals surface area contributed by atoms with Crippen LogP contribution in [0.2, 0.25) is 0 Å².